The minimum atomic E-state index is -0.766. The third-order valence-corrected chi connectivity index (χ3v) is 8.54. The van der Waals surface area contributed by atoms with Crippen LogP contribution in [0.15, 0.2) is 24.3 Å². The minimum absolute atomic E-state index is 0.0302. The second-order valence-corrected chi connectivity index (χ2v) is 10.2. The lowest BCUT2D eigenvalue weighted by molar-refractivity contribution is -0.153. The van der Waals surface area contributed by atoms with Gasteiger partial charge in [-0.2, -0.15) is 0 Å². The van der Waals surface area contributed by atoms with Gasteiger partial charge in [0, 0.05) is 31.5 Å². The van der Waals surface area contributed by atoms with Crippen LogP contribution in [-0.2, 0) is 19.1 Å². The van der Waals surface area contributed by atoms with Gasteiger partial charge in [0.15, 0.2) is 0 Å². The second-order valence-electron chi connectivity index (χ2n) is 8.73. The molecule has 4 rings (SSSR count). The predicted octanol–water partition coefficient (Wildman–Crippen LogP) is 1.76. The number of aliphatic hydroxyl groups excluding tert-OH is 1. The topological polar surface area (TPSA) is 87.2 Å². The number of esters is 1. The van der Waals surface area contributed by atoms with Gasteiger partial charge in [0.1, 0.15) is 6.04 Å². The maximum Gasteiger partial charge on any atom is 0.311 e. The van der Waals surface area contributed by atoms with Crippen LogP contribution in [0.1, 0.15) is 39.0 Å². The number of amides is 2. The Morgan fingerprint density at radius 2 is 2.00 bits per heavy atom. The molecule has 0 aromatic heterocycles. The molecule has 8 heteroatoms. The van der Waals surface area contributed by atoms with Gasteiger partial charge in [0.25, 0.3) is 0 Å². The zero-order chi connectivity index (χ0) is 22.0. The van der Waals surface area contributed by atoms with Crippen LogP contribution in [0.5, 0.6) is 0 Å². The molecule has 2 fully saturated rings. The largest absolute Gasteiger partial charge is 0.465 e. The number of hydrogen-bond acceptors (Lipinski definition) is 6. The van der Waals surface area contributed by atoms with Crippen LogP contribution in [0.4, 0.5) is 0 Å². The number of rotatable bonds is 7. The van der Waals surface area contributed by atoms with E-state index in [1.165, 1.54) is 0 Å². The van der Waals surface area contributed by atoms with E-state index in [-0.39, 0.29) is 29.6 Å². The lowest BCUT2D eigenvalue weighted by atomic mass is 9.78. The first-order valence-corrected chi connectivity index (χ1v) is 12.3. The summed E-state index contributed by atoms with van der Waals surface area (Å²) in [5.41, 5.74) is 0. The Kier molecular flexibility index (Phi) is 6.77. The summed E-state index contributed by atoms with van der Waals surface area (Å²) < 4.78 is 4.70. The molecule has 4 aliphatic heterocycles. The quantitative estimate of drug-likeness (QED) is 0.363. The van der Waals surface area contributed by atoms with Crippen LogP contribution in [0, 0.1) is 11.8 Å². The number of hydrogen-bond donors (Lipinski definition) is 1. The van der Waals surface area contributed by atoms with Gasteiger partial charge in [0.05, 0.1) is 23.2 Å². The molecule has 1 unspecified atom stereocenters. The van der Waals surface area contributed by atoms with Crippen molar-refractivity contribution in [2.45, 2.75) is 55.1 Å². The Hall–Kier alpha value is -1.80. The number of nitrogens with zero attached hydrogens (tertiary/aromatic N) is 2. The number of ether oxygens (including phenoxy) is 1. The van der Waals surface area contributed by atoms with E-state index in [2.05, 4.69) is 6.92 Å². The molecule has 0 saturated carbocycles. The molecule has 0 aliphatic carbocycles. The van der Waals surface area contributed by atoms with E-state index in [0.29, 0.717) is 45.5 Å². The van der Waals surface area contributed by atoms with Gasteiger partial charge in [0.2, 0.25) is 11.8 Å². The molecule has 170 valence electrons. The summed E-state index contributed by atoms with van der Waals surface area (Å²) in [6.07, 6.45) is 11.8. The van der Waals surface area contributed by atoms with Crippen molar-refractivity contribution in [1.82, 2.24) is 9.80 Å². The average molecular weight is 449 g/mol. The SMILES string of the molecule is CCCCN1CC=C[C@]23S[C@@H]4C=CCCOC(=O)[C@@H]4[C@H]2C(=O)N(CCCCO)C3C1=O. The summed E-state index contributed by atoms with van der Waals surface area (Å²) in [7, 11) is 0. The highest BCUT2D eigenvalue weighted by atomic mass is 32.2. The minimum Gasteiger partial charge on any atom is -0.465 e. The van der Waals surface area contributed by atoms with Crippen molar-refractivity contribution in [1.29, 1.82) is 0 Å². The van der Waals surface area contributed by atoms with Gasteiger partial charge in [-0.15, -0.1) is 11.8 Å². The molecule has 7 nitrogen and oxygen atoms in total. The van der Waals surface area contributed by atoms with E-state index in [4.69, 9.17) is 4.74 Å². The van der Waals surface area contributed by atoms with Gasteiger partial charge in [-0.3, -0.25) is 14.4 Å². The van der Waals surface area contributed by atoms with Gasteiger partial charge in [-0.1, -0.05) is 37.6 Å². The van der Waals surface area contributed by atoms with Crippen LogP contribution in [0.2, 0.25) is 0 Å². The van der Waals surface area contributed by atoms with Gasteiger partial charge >= 0.3 is 5.97 Å². The van der Waals surface area contributed by atoms with Gasteiger partial charge in [-0.25, -0.2) is 0 Å². The Morgan fingerprint density at radius 1 is 1.16 bits per heavy atom. The van der Waals surface area contributed by atoms with Crippen molar-refractivity contribution >= 4 is 29.5 Å². The summed E-state index contributed by atoms with van der Waals surface area (Å²) in [5.74, 6) is -1.69. The summed E-state index contributed by atoms with van der Waals surface area (Å²) in [4.78, 5) is 44.0. The highest BCUT2D eigenvalue weighted by Crippen LogP contribution is 2.60. The summed E-state index contributed by atoms with van der Waals surface area (Å²) in [6.45, 7) is 4.06. The van der Waals surface area contributed by atoms with Crippen LogP contribution < -0.4 is 0 Å². The van der Waals surface area contributed by atoms with Crippen LogP contribution in [-0.4, -0.2) is 81.6 Å². The first-order valence-electron chi connectivity index (χ1n) is 11.4. The summed E-state index contributed by atoms with van der Waals surface area (Å²) >= 11 is 1.58. The fourth-order valence-electron chi connectivity index (χ4n) is 5.34. The van der Waals surface area contributed by atoms with Crippen molar-refractivity contribution in [2.24, 2.45) is 11.8 Å². The summed E-state index contributed by atoms with van der Waals surface area (Å²) in [5, 5.41) is 9.04. The molecule has 31 heavy (non-hydrogen) atoms. The molecular formula is C23H32N2O5S. The van der Waals surface area contributed by atoms with E-state index in [9.17, 15) is 19.5 Å². The molecule has 4 aliphatic rings. The van der Waals surface area contributed by atoms with Gasteiger partial charge in [-0.05, 0) is 25.7 Å². The van der Waals surface area contributed by atoms with Gasteiger partial charge < -0.3 is 19.6 Å². The summed E-state index contributed by atoms with van der Waals surface area (Å²) in [6, 6.07) is -0.626. The lowest BCUT2D eigenvalue weighted by Gasteiger charge is -2.35. The number of likely N-dealkylation sites (tertiary alicyclic amines) is 1. The molecule has 0 radical (unpaired) electrons. The van der Waals surface area contributed by atoms with E-state index in [0.717, 1.165) is 12.8 Å². The van der Waals surface area contributed by atoms with Crippen molar-refractivity contribution in [3.05, 3.63) is 24.3 Å². The molecule has 1 N–H and O–H groups in total. The number of carbonyl (C=O) groups is 3. The number of cyclic esters (lactones) is 1. The number of aliphatic hydroxyl groups is 1. The average Bonchev–Trinajstić information content (AvgIpc) is 3.12. The number of carbonyl (C=O) groups excluding carboxylic acids is 3. The molecule has 2 amide bonds. The molecule has 4 heterocycles. The van der Waals surface area contributed by atoms with Crippen molar-refractivity contribution in [3.63, 3.8) is 0 Å². The van der Waals surface area contributed by atoms with Crippen molar-refractivity contribution < 1.29 is 24.2 Å². The zero-order valence-electron chi connectivity index (χ0n) is 18.1. The molecule has 1 spiro atoms. The third kappa shape index (κ3) is 3.82. The maximum atomic E-state index is 13.8. The Labute approximate surface area is 187 Å². The zero-order valence-corrected chi connectivity index (χ0v) is 18.9. The fraction of sp³-hybridized carbons (Fsp3) is 0.696. The molecule has 2 saturated heterocycles. The second kappa shape index (κ2) is 9.36. The number of unbranched alkanes of at least 4 members (excludes halogenated alkanes) is 2. The molecule has 0 bridgehead atoms. The maximum absolute atomic E-state index is 13.8. The normalized spacial score (nSPS) is 34.7. The first kappa shape index (κ1) is 22.4. The van der Waals surface area contributed by atoms with Crippen molar-refractivity contribution in [2.75, 3.05) is 32.8 Å². The molecule has 0 aromatic rings. The van der Waals surface area contributed by atoms with E-state index >= 15 is 0 Å². The number of fused-ring (bicyclic) bond motifs is 2. The Morgan fingerprint density at radius 3 is 2.77 bits per heavy atom. The lowest BCUT2D eigenvalue weighted by Crippen LogP contribution is -2.53. The highest BCUT2D eigenvalue weighted by molar-refractivity contribution is 8.02. The van der Waals surface area contributed by atoms with Crippen LogP contribution >= 0.6 is 11.8 Å². The first-order chi connectivity index (χ1) is 15.0. The monoisotopic (exact) mass is 448 g/mol. The van der Waals surface area contributed by atoms with Crippen LogP contribution in [0.3, 0.4) is 0 Å². The van der Waals surface area contributed by atoms with E-state index in [1.807, 2.05) is 29.2 Å². The third-order valence-electron chi connectivity index (χ3n) is 6.79. The smallest absolute Gasteiger partial charge is 0.311 e. The number of thioether (sulfide) groups is 1. The highest BCUT2D eigenvalue weighted by Gasteiger charge is 2.70. The molecule has 5 atom stereocenters. The molecular weight excluding hydrogens is 416 g/mol. The molecule has 0 aromatic carbocycles. The predicted molar refractivity (Wildman–Crippen MR) is 118 cm³/mol. The Balaban J connectivity index is 1.75. The fourth-order valence-corrected chi connectivity index (χ4v) is 7.34. The Bertz CT molecular complexity index is 784. The van der Waals surface area contributed by atoms with Crippen molar-refractivity contribution in [3.8, 4) is 0 Å². The van der Waals surface area contributed by atoms with Crippen LogP contribution in [0.25, 0.3) is 0 Å². The van der Waals surface area contributed by atoms with E-state index < -0.39 is 22.6 Å². The standard InChI is InChI=1S/C23H32N2O5S/c1-2-3-11-24-12-8-10-23-18(17-16(31-23)9-4-7-15-30-22(17)29)20(27)25(13-5-6-14-26)19(23)21(24)28/h4,8-10,16-19,26H,2-3,5-7,11-15H2,1H3/t16-,17+,18+,19?,23+/m1/s1. The van der Waals surface area contributed by atoms with E-state index in [1.54, 1.807) is 16.7 Å².